The Bertz CT molecular complexity index is 605. The molecule has 0 saturated heterocycles. The van der Waals surface area contributed by atoms with Crippen molar-refractivity contribution in [3.63, 3.8) is 0 Å². The monoisotopic (exact) mass is 318 g/mol. The summed E-state index contributed by atoms with van der Waals surface area (Å²) in [6, 6.07) is 10.1. The molecule has 1 aromatic heterocycles. The molecular weight excluding hydrogens is 296 g/mol. The second-order valence-corrected chi connectivity index (χ2v) is 7.17. The number of aryl methyl sites for hydroxylation is 1. The Morgan fingerprint density at radius 1 is 1.32 bits per heavy atom. The lowest BCUT2D eigenvalue weighted by atomic mass is 10.1. The van der Waals surface area contributed by atoms with Crippen molar-refractivity contribution in [2.45, 2.75) is 43.8 Å². The van der Waals surface area contributed by atoms with Gasteiger partial charge >= 0.3 is 0 Å². The number of aromatic nitrogens is 1. The minimum absolute atomic E-state index is 0.0282. The maximum atomic E-state index is 11.9. The summed E-state index contributed by atoms with van der Waals surface area (Å²) in [5.74, 6) is 0.827. The van der Waals surface area contributed by atoms with E-state index in [-0.39, 0.29) is 5.91 Å². The molecule has 0 aliphatic heterocycles. The maximum absolute atomic E-state index is 11.9. The smallest absolute Gasteiger partial charge is 0.224 e. The Morgan fingerprint density at radius 3 is 2.64 bits per heavy atom. The van der Waals surface area contributed by atoms with Crippen molar-refractivity contribution in [3.05, 3.63) is 47.3 Å². The van der Waals surface area contributed by atoms with E-state index in [4.69, 9.17) is 4.52 Å². The number of carbonyl (C=O) groups excluding carboxylic acids is 1. The third-order valence-corrected chi connectivity index (χ3v) is 4.05. The maximum Gasteiger partial charge on any atom is 0.224 e. The second kappa shape index (κ2) is 8.03. The van der Waals surface area contributed by atoms with Gasteiger partial charge in [-0.3, -0.25) is 4.79 Å². The van der Waals surface area contributed by atoms with Crippen LogP contribution in [0.5, 0.6) is 0 Å². The van der Waals surface area contributed by atoms with E-state index in [1.807, 2.05) is 36.9 Å². The number of thioether (sulfide) groups is 1. The van der Waals surface area contributed by atoms with Gasteiger partial charge in [0.05, 0.1) is 12.1 Å². The zero-order valence-corrected chi connectivity index (χ0v) is 14.1. The Kier molecular flexibility index (Phi) is 6.07. The topological polar surface area (TPSA) is 55.1 Å². The van der Waals surface area contributed by atoms with Crippen LogP contribution < -0.4 is 5.32 Å². The molecule has 118 valence electrons. The molecule has 1 amide bonds. The van der Waals surface area contributed by atoms with Crippen LogP contribution in [0.1, 0.15) is 30.9 Å². The number of nitrogens with zero attached hydrogens (tertiary/aromatic N) is 1. The number of nitrogens with one attached hydrogen (secondary N) is 1. The summed E-state index contributed by atoms with van der Waals surface area (Å²) in [5, 5.41) is 7.29. The fraction of sp³-hybridized carbons (Fsp3) is 0.412. The minimum atomic E-state index is 0.0282. The zero-order valence-electron chi connectivity index (χ0n) is 13.3. The largest absolute Gasteiger partial charge is 0.361 e. The van der Waals surface area contributed by atoms with Gasteiger partial charge in [0.2, 0.25) is 5.91 Å². The van der Waals surface area contributed by atoms with Crippen molar-refractivity contribution in [1.82, 2.24) is 10.5 Å². The first kappa shape index (κ1) is 16.6. The van der Waals surface area contributed by atoms with Gasteiger partial charge in [0.1, 0.15) is 5.76 Å². The summed E-state index contributed by atoms with van der Waals surface area (Å²) in [4.78, 5) is 13.1. The number of hydrogen-bond donors (Lipinski definition) is 1. The minimum Gasteiger partial charge on any atom is -0.361 e. The van der Waals surface area contributed by atoms with E-state index in [0.717, 1.165) is 17.0 Å². The van der Waals surface area contributed by atoms with Crippen molar-refractivity contribution < 1.29 is 9.32 Å². The van der Waals surface area contributed by atoms with Gasteiger partial charge in [0.15, 0.2) is 0 Å². The molecule has 0 fully saturated rings. The highest BCUT2D eigenvalue weighted by atomic mass is 32.2. The highest BCUT2D eigenvalue weighted by Gasteiger charge is 2.05. The van der Waals surface area contributed by atoms with Crippen LogP contribution in [-0.2, 0) is 17.6 Å². The summed E-state index contributed by atoms with van der Waals surface area (Å²) in [5.41, 5.74) is 1.89. The Hall–Kier alpha value is -1.75. The van der Waals surface area contributed by atoms with Gasteiger partial charge in [0.25, 0.3) is 0 Å². The van der Waals surface area contributed by atoms with E-state index in [2.05, 4.69) is 36.5 Å². The molecule has 1 heterocycles. The zero-order chi connectivity index (χ0) is 15.9. The van der Waals surface area contributed by atoms with Gasteiger partial charge in [-0.15, -0.1) is 11.8 Å². The normalized spacial score (nSPS) is 10.9. The molecule has 0 radical (unpaired) electrons. The highest BCUT2D eigenvalue weighted by molar-refractivity contribution is 7.99. The Labute approximate surface area is 135 Å². The molecule has 0 aliphatic rings. The van der Waals surface area contributed by atoms with Crippen molar-refractivity contribution in [1.29, 1.82) is 0 Å². The van der Waals surface area contributed by atoms with Gasteiger partial charge in [0, 0.05) is 29.2 Å². The van der Waals surface area contributed by atoms with Gasteiger partial charge in [-0.2, -0.15) is 0 Å². The van der Waals surface area contributed by atoms with Crippen molar-refractivity contribution in [2.24, 2.45) is 0 Å². The predicted molar refractivity (Wildman–Crippen MR) is 89.1 cm³/mol. The van der Waals surface area contributed by atoms with Crippen molar-refractivity contribution >= 4 is 17.7 Å². The number of hydrogen-bond acceptors (Lipinski definition) is 4. The van der Waals surface area contributed by atoms with Gasteiger partial charge < -0.3 is 9.84 Å². The summed E-state index contributed by atoms with van der Waals surface area (Å²) in [6.07, 6.45) is 1.07. The molecule has 2 rings (SSSR count). The van der Waals surface area contributed by atoms with Crippen molar-refractivity contribution in [2.75, 3.05) is 6.54 Å². The highest BCUT2D eigenvalue weighted by Crippen LogP contribution is 2.22. The second-order valence-electron chi connectivity index (χ2n) is 5.52. The summed E-state index contributed by atoms with van der Waals surface area (Å²) in [6.45, 7) is 6.78. The molecule has 22 heavy (non-hydrogen) atoms. The molecule has 0 spiro atoms. The Balaban J connectivity index is 1.74. The predicted octanol–water partition coefficient (Wildman–Crippen LogP) is 3.38. The summed E-state index contributed by atoms with van der Waals surface area (Å²) >= 11 is 1.82. The summed E-state index contributed by atoms with van der Waals surface area (Å²) < 4.78 is 5.11. The van der Waals surface area contributed by atoms with Gasteiger partial charge in [-0.05, 0) is 24.6 Å². The number of benzene rings is 1. The van der Waals surface area contributed by atoms with E-state index in [0.29, 0.717) is 24.6 Å². The van der Waals surface area contributed by atoms with Crippen molar-refractivity contribution in [3.8, 4) is 0 Å². The molecule has 4 nitrogen and oxygen atoms in total. The van der Waals surface area contributed by atoms with Crippen LogP contribution in [0, 0.1) is 6.92 Å². The molecule has 0 aliphatic carbocycles. The molecular formula is C17H22N2O2S. The third kappa shape index (κ3) is 5.56. The SMILES string of the molecule is Cc1cc(CCNC(=O)Cc2ccc(SC(C)C)cc2)on1. The van der Waals surface area contributed by atoms with Crippen LogP contribution in [0.2, 0.25) is 0 Å². The first-order valence-corrected chi connectivity index (χ1v) is 8.35. The molecule has 0 atom stereocenters. The molecule has 5 heteroatoms. The number of rotatable bonds is 7. The third-order valence-electron chi connectivity index (χ3n) is 3.03. The Morgan fingerprint density at radius 2 is 2.05 bits per heavy atom. The van der Waals surface area contributed by atoms with E-state index >= 15 is 0 Å². The number of amides is 1. The van der Waals surface area contributed by atoms with E-state index in [1.165, 1.54) is 4.90 Å². The summed E-state index contributed by atoms with van der Waals surface area (Å²) in [7, 11) is 0. The van der Waals surface area contributed by atoms with Gasteiger partial charge in [-0.1, -0.05) is 31.1 Å². The fourth-order valence-corrected chi connectivity index (χ4v) is 2.90. The van der Waals surface area contributed by atoms with E-state index in [9.17, 15) is 4.79 Å². The van der Waals surface area contributed by atoms with E-state index in [1.54, 1.807) is 0 Å². The van der Waals surface area contributed by atoms with Gasteiger partial charge in [-0.25, -0.2) is 0 Å². The molecule has 0 saturated carbocycles. The van der Waals surface area contributed by atoms with Crippen LogP contribution in [-0.4, -0.2) is 22.9 Å². The molecule has 0 unspecified atom stereocenters. The average Bonchev–Trinajstić information content (AvgIpc) is 2.86. The molecule has 1 N–H and O–H groups in total. The number of carbonyl (C=O) groups is 1. The average molecular weight is 318 g/mol. The van der Waals surface area contributed by atoms with Crippen LogP contribution in [0.25, 0.3) is 0 Å². The van der Waals surface area contributed by atoms with Crippen LogP contribution in [0.4, 0.5) is 0 Å². The lowest BCUT2D eigenvalue weighted by molar-refractivity contribution is -0.120. The first-order chi connectivity index (χ1) is 10.5. The molecule has 0 bridgehead atoms. The van der Waals surface area contributed by atoms with Crippen LogP contribution in [0.3, 0.4) is 0 Å². The molecule has 1 aromatic carbocycles. The van der Waals surface area contributed by atoms with Crippen LogP contribution >= 0.6 is 11.8 Å². The van der Waals surface area contributed by atoms with Crippen LogP contribution in [0.15, 0.2) is 39.8 Å². The quantitative estimate of drug-likeness (QED) is 0.795. The molecule has 2 aromatic rings. The standard InChI is InChI=1S/C17H22N2O2S/c1-12(2)22-16-6-4-14(5-7-16)11-17(20)18-9-8-15-10-13(3)19-21-15/h4-7,10,12H,8-9,11H2,1-3H3,(H,18,20). The first-order valence-electron chi connectivity index (χ1n) is 7.47. The lowest BCUT2D eigenvalue weighted by Crippen LogP contribution is -2.27. The van der Waals surface area contributed by atoms with E-state index < -0.39 is 0 Å². The fourth-order valence-electron chi connectivity index (χ4n) is 2.07. The lowest BCUT2D eigenvalue weighted by Gasteiger charge is -2.07.